The number of aromatic amines is 1. The van der Waals surface area contributed by atoms with Gasteiger partial charge in [-0.3, -0.25) is 9.78 Å². The Morgan fingerprint density at radius 3 is 2.71 bits per heavy atom. The van der Waals surface area contributed by atoms with E-state index in [1.807, 2.05) is 32.0 Å². The molecule has 2 aromatic heterocycles. The number of imidazole rings is 1. The Bertz CT molecular complexity index is 921. The second kappa shape index (κ2) is 6.52. The number of rotatable bonds is 4. The molecule has 0 amide bonds. The molecule has 0 fully saturated rings. The van der Waals surface area contributed by atoms with E-state index >= 15 is 0 Å². The molecule has 3 rings (SSSR count). The number of benzene rings is 1. The Balaban J connectivity index is 1.90. The minimum absolute atomic E-state index is 0.183. The molecule has 0 radical (unpaired) electrons. The molecular weight excluding hydrogens is 326 g/mol. The van der Waals surface area contributed by atoms with E-state index in [4.69, 9.17) is 9.47 Å². The molecule has 0 spiro atoms. The molecule has 2 heterocycles. The van der Waals surface area contributed by atoms with Gasteiger partial charge in [-0.15, -0.1) is 0 Å². The molecule has 3 aromatic rings. The molecule has 0 saturated heterocycles. The maximum absolute atomic E-state index is 12.6. The van der Waals surface area contributed by atoms with E-state index in [1.54, 1.807) is 20.4 Å². The maximum atomic E-state index is 12.6. The van der Waals surface area contributed by atoms with Crippen LogP contribution in [0.5, 0.6) is 11.5 Å². The minimum Gasteiger partial charge on any atom is -0.497 e. The number of aryl methyl sites for hydroxylation is 1. The number of carbonyl (C=O) groups is 1. The largest absolute Gasteiger partial charge is 0.497 e. The third-order valence-corrected chi connectivity index (χ3v) is 4.46. The molecule has 0 aliphatic carbocycles. The number of ether oxygens (including phenoxy) is 2. The molecule has 0 saturated carbocycles. The predicted octanol–water partition coefficient (Wildman–Crippen LogP) is 3.52. The fourth-order valence-corrected chi connectivity index (χ4v) is 3.30. The third kappa shape index (κ3) is 2.94. The van der Waals surface area contributed by atoms with Crippen molar-refractivity contribution in [3.63, 3.8) is 0 Å². The molecule has 124 valence electrons. The van der Waals surface area contributed by atoms with Gasteiger partial charge in [-0.25, -0.2) is 4.98 Å². The molecule has 1 aromatic carbocycles. The zero-order chi connectivity index (χ0) is 17.3. The summed E-state index contributed by atoms with van der Waals surface area (Å²) in [5.41, 5.74) is 3.59. The van der Waals surface area contributed by atoms with Crippen LogP contribution in [-0.2, 0) is 0 Å². The highest BCUT2D eigenvalue weighted by Gasteiger charge is 2.19. The maximum Gasteiger partial charge on any atom is 0.245 e. The number of nitrogens with zero attached hydrogens (tertiary/aromatic N) is 2. The van der Waals surface area contributed by atoms with Gasteiger partial charge in [0.25, 0.3) is 0 Å². The molecule has 0 aliphatic rings. The number of hydrogen-bond acceptors (Lipinski definition) is 6. The first-order chi connectivity index (χ1) is 11.5. The van der Waals surface area contributed by atoms with E-state index in [2.05, 4.69) is 15.0 Å². The van der Waals surface area contributed by atoms with Crippen LogP contribution in [0.4, 0.5) is 0 Å². The van der Waals surface area contributed by atoms with Crippen molar-refractivity contribution in [3.8, 4) is 11.5 Å². The summed E-state index contributed by atoms with van der Waals surface area (Å²) in [5.74, 6) is 1.40. The highest BCUT2D eigenvalue weighted by atomic mass is 32.2. The van der Waals surface area contributed by atoms with Crippen LogP contribution < -0.4 is 9.47 Å². The van der Waals surface area contributed by atoms with Gasteiger partial charge in [0.15, 0.2) is 5.16 Å². The summed E-state index contributed by atoms with van der Waals surface area (Å²) in [7, 11) is 3.19. The van der Waals surface area contributed by atoms with Crippen molar-refractivity contribution in [2.75, 3.05) is 14.2 Å². The van der Waals surface area contributed by atoms with E-state index in [1.165, 1.54) is 0 Å². The second-order valence-electron chi connectivity index (χ2n) is 5.26. The number of H-pyrrole nitrogens is 1. The first kappa shape index (κ1) is 16.3. The topological polar surface area (TPSA) is 77.1 Å². The van der Waals surface area contributed by atoms with Crippen molar-refractivity contribution in [2.45, 2.75) is 19.0 Å². The molecule has 1 N–H and O–H groups in total. The Morgan fingerprint density at radius 2 is 2.00 bits per heavy atom. The number of aromatic nitrogens is 3. The van der Waals surface area contributed by atoms with Gasteiger partial charge in [-0.2, -0.15) is 0 Å². The zero-order valence-corrected chi connectivity index (χ0v) is 14.7. The predicted molar refractivity (Wildman–Crippen MR) is 93.1 cm³/mol. The summed E-state index contributed by atoms with van der Waals surface area (Å²) < 4.78 is 10.5. The van der Waals surface area contributed by atoms with Crippen LogP contribution in [0.3, 0.4) is 0 Å². The Morgan fingerprint density at radius 1 is 1.21 bits per heavy atom. The monoisotopic (exact) mass is 343 g/mol. The van der Waals surface area contributed by atoms with E-state index in [-0.39, 0.29) is 5.12 Å². The lowest BCUT2D eigenvalue weighted by atomic mass is 10.1. The Kier molecular flexibility index (Phi) is 4.44. The lowest BCUT2D eigenvalue weighted by Gasteiger charge is -2.10. The molecular formula is C17H17N3O3S. The zero-order valence-electron chi connectivity index (χ0n) is 13.8. The highest BCUT2D eigenvalue weighted by molar-refractivity contribution is 8.14. The number of fused-ring (bicyclic) bond motifs is 1. The normalized spacial score (nSPS) is 10.8. The number of hydrogen-bond donors (Lipinski definition) is 1. The van der Waals surface area contributed by atoms with E-state index in [9.17, 15) is 4.79 Å². The lowest BCUT2D eigenvalue weighted by Crippen LogP contribution is -2.04. The van der Waals surface area contributed by atoms with Gasteiger partial charge < -0.3 is 14.5 Å². The van der Waals surface area contributed by atoms with Gasteiger partial charge in [-0.05, 0) is 37.7 Å². The summed E-state index contributed by atoms with van der Waals surface area (Å²) in [4.78, 5) is 24.4. The first-order valence-corrected chi connectivity index (χ1v) is 8.11. The van der Waals surface area contributed by atoms with Crippen molar-refractivity contribution < 1.29 is 14.3 Å². The van der Waals surface area contributed by atoms with Crippen molar-refractivity contribution in [1.29, 1.82) is 0 Å². The van der Waals surface area contributed by atoms with Crippen molar-refractivity contribution >= 4 is 27.9 Å². The second-order valence-corrected chi connectivity index (χ2v) is 6.22. The number of methoxy groups -OCH3 is 2. The molecule has 0 bridgehead atoms. The summed E-state index contributed by atoms with van der Waals surface area (Å²) >= 11 is 1.01. The summed E-state index contributed by atoms with van der Waals surface area (Å²) in [5, 5.41) is 0.334. The molecule has 24 heavy (non-hydrogen) atoms. The molecule has 0 unspecified atom stereocenters. The lowest BCUT2D eigenvalue weighted by molar-refractivity contribution is 0.108. The molecule has 0 aliphatic heterocycles. The quantitative estimate of drug-likeness (QED) is 0.730. The van der Waals surface area contributed by atoms with Crippen molar-refractivity contribution in [3.05, 3.63) is 41.2 Å². The number of nitrogens with one attached hydrogen (secondary N) is 1. The third-order valence-electron chi connectivity index (χ3n) is 3.70. The molecule has 7 heteroatoms. The van der Waals surface area contributed by atoms with Crippen LogP contribution in [-0.4, -0.2) is 34.3 Å². The highest BCUT2D eigenvalue weighted by Crippen LogP contribution is 2.29. The summed E-state index contributed by atoms with van der Waals surface area (Å²) in [6, 6.07) is 5.53. The van der Waals surface area contributed by atoms with Crippen LogP contribution in [0.25, 0.3) is 11.0 Å². The molecule has 0 atom stereocenters. The van der Waals surface area contributed by atoms with Gasteiger partial charge in [0.05, 0.1) is 25.3 Å². The van der Waals surface area contributed by atoms with E-state index < -0.39 is 0 Å². The number of thioether (sulfide) groups is 1. The fraction of sp³-hybridized carbons (Fsp3) is 0.235. The van der Waals surface area contributed by atoms with E-state index in [0.717, 1.165) is 39.7 Å². The van der Waals surface area contributed by atoms with Crippen LogP contribution >= 0.6 is 11.8 Å². The number of carbonyl (C=O) groups excluding carboxylic acids is 1. The first-order valence-electron chi connectivity index (χ1n) is 7.29. The summed E-state index contributed by atoms with van der Waals surface area (Å²) in [6.45, 7) is 3.73. The SMILES string of the molecule is COc1ccc2[nH]c(SC(=O)c3ncc(C)c(OC)c3C)nc2c1. The fourth-order valence-electron chi connectivity index (χ4n) is 2.51. The van der Waals surface area contributed by atoms with Gasteiger partial charge >= 0.3 is 0 Å². The van der Waals surface area contributed by atoms with Crippen LogP contribution in [0.2, 0.25) is 0 Å². The Labute approximate surface area is 143 Å². The van der Waals surface area contributed by atoms with Crippen molar-refractivity contribution in [1.82, 2.24) is 15.0 Å². The average Bonchev–Trinajstić information content (AvgIpc) is 2.96. The average molecular weight is 343 g/mol. The standard InChI is InChI=1S/C17H17N3O3S/c1-9-8-18-14(10(2)15(9)23-4)16(21)24-17-19-12-6-5-11(22-3)7-13(12)20-17/h5-8H,1-4H3,(H,19,20). The smallest absolute Gasteiger partial charge is 0.245 e. The minimum atomic E-state index is -0.183. The molecule has 6 nitrogen and oxygen atoms in total. The van der Waals surface area contributed by atoms with Gasteiger partial charge in [-0.1, -0.05) is 0 Å². The van der Waals surface area contributed by atoms with Gasteiger partial charge in [0, 0.05) is 23.4 Å². The van der Waals surface area contributed by atoms with Gasteiger partial charge in [0.2, 0.25) is 5.12 Å². The number of pyridine rings is 1. The van der Waals surface area contributed by atoms with Crippen LogP contribution in [0, 0.1) is 13.8 Å². The van der Waals surface area contributed by atoms with E-state index in [0.29, 0.717) is 16.6 Å². The van der Waals surface area contributed by atoms with Crippen LogP contribution in [0.1, 0.15) is 21.6 Å². The summed E-state index contributed by atoms with van der Waals surface area (Å²) in [6.07, 6.45) is 1.64. The van der Waals surface area contributed by atoms with Crippen LogP contribution in [0.15, 0.2) is 29.6 Å². The Hall–Kier alpha value is -2.54. The van der Waals surface area contributed by atoms with Crippen molar-refractivity contribution in [2.24, 2.45) is 0 Å². The van der Waals surface area contributed by atoms with Gasteiger partial charge in [0.1, 0.15) is 17.2 Å².